The lowest BCUT2D eigenvalue weighted by atomic mass is 9.98. The Labute approximate surface area is 180 Å². The van der Waals surface area contributed by atoms with E-state index in [1.807, 2.05) is 79.9 Å². The molecule has 1 heterocycles. The summed E-state index contributed by atoms with van der Waals surface area (Å²) in [6.07, 6.45) is 0.105. The SMILES string of the molecule is CC[C@@H](C)[C@@H](NC(=O)OCc1ccccc1)C(=O)Nc1nc(-c2ccccc2)cs1. The van der Waals surface area contributed by atoms with Crippen molar-refractivity contribution < 1.29 is 14.3 Å². The Morgan fingerprint density at radius 2 is 1.73 bits per heavy atom. The van der Waals surface area contributed by atoms with Crippen molar-refractivity contribution in [2.24, 2.45) is 5.92 Å². The van der Waals surface area contributed by atoms with Crippen LogP contribution in [0.2, 0.25) is 0 Å². The Balaban J connectivity index is 1.61. The molecule has 0 spiro atoms. The summed E-state index contributed by atoms with van der Waals surface area (Å²) in [6.45, 7) is 4.03. The number of thiazole rings is 1. The van der Waals surface area contributed by atoms with E-state index in [0.29, 0.717) is 5.13 Å². The first kappa shape index (κ1) is 21.5. The molecular weight excluding hydrogens is 398 g/mol. The molecule has 0 unspecified atom stereocenters. The molecule has 0 radical (unpaired) electrons. The van der Waals surface area contributed by atoms with Crippen molar-refractivity contribution in [3.63, 3.8) is 0 Å². The van der Waals surface area contributed by atoms with Gasteiger partial charge in [0.1, 0.15) is 12.6 Å². The number of hydrogen-bond donors (Lipinski definition) is 2. The molecule has 0 aliphatic heterocycles. The van der Waals surface area contributed by atoms with Crippen LogP contribution in [0.25, 0.3) is 11.3 Å². The number of nitrogens with one attached hydrogen (secondary N) is 2. The molecule has 6 nitrogen and oxygen atoms in total. The summed E-state index contributed by atoms with van der Waals surface area (Å²) in [7, 11) is 0. The molecule has 0 aliphatic carbocycles. The maximum atomic E-state index is 12.9. The van der Waals surface area contributed by atoms with Gasteiger partial charge >= 0.3 is 6.09 Å². The zero-order valence-electron chi connectivity index (χ0n) is 17.0. The predicted molar refractivity (Wildman–Crippen MR) is 119 cm³/mol. The van der Waals surface area contributed by atoms with Gasteiger partial charge in [-0.25, -0.2) is 9.78 Å². The normalized spacial score (nSPS) is 12.6. The summed E-state index contributed by atoms with van der Waals surface area (Å²) in [6, 6.07) is 18.4. The van der Waals surface area contributed by atoms with E-state index in [0.717, 1.165) is 23.2 Å². The van der Waals surface area contributed by atoms with Gasteiger partial charge in [-0.1, -0.05) is 80.9 Å². The largest absolute Gasteiger partial charge is 0.445 e. The Kier molecular flexibility index (Phi) is 7.57. The van der Waals surface area contributed by atoms with Crippen molar-refractivity contribution in [3.05, 3.63) is 71.6 Å². The van der Waals surface area contributed by atoms with E-state index in [-0.39, 0.29) is 18.4 Å². The number of alkyl carbamates (subject to hydrolysis) is 1. The third kappa shape index (κ3) is 5.90. The highest BCUT2D eigenvalue weighted by molar-refractivity contribution is 7.14. The van der Waals surface area contributed by atoms with Gasteiger partial charge in [-0.3, -0.25) is 4.79 Å². The number of carbonyl (C=O) groups excluding carboxylic acids is 2. The average Bonchev–Trinajstić information content (AvgIpc) is 3.25. The zero-order valence-corrected chi connectivity index (χ0v) is 17.8. The Morgan fingerprint density at radius 1 is 1.07 bits per heavy atom. The number of rotatable bonds is 8. The van der Waals surface area contributed by atoms with Gasteiger partial charge in [0, 0.05) is 10.9 Å². The topological polar surface area (TPSA) is 80.3 Å². The second-order valence-corrected chi connectivity index (χ2v) is 7.82. The average molecular weight is 424 g/mol. The summed E-state index contributed by atoms with van der Waals surface area (Å²) in [5.74, 6) is -0.377. The molecule has 7 heteroatoms. The van der Waals surface area contributed by atoms with Gasteiger partial charge in [0.05, 0.1) is 5.69 Å². The maximum Gasteiger partial charge on any atom is 0.408 e. The molecular formula is C23H25N3O3S. The summed E-state index contributed by atoms with van der Waals surface area (Å²) in [4.78, 5) is 29.6. The molecule has 0 saturated carbocycles. The summed E-state index contributed by atoms with van der Waals surface area (Å²) >= 11 is 1.35. The third-order valence-corrected chi connectivity index (χ3v) is 5.54. The minimum Gasteiger partial charge on any atom is -0.445 e. The van der Waals surface area contributed by atoms with E-state index in [1.54, 1.807) is 0 Å². The van der Waals surface area contributed by atoms with E-state index in [2.05, 4.69) is 15.6 Å². The van der Waals surface area contributed by atoms with Crippen molar-refractivity contribution in [3.8, 4) is 11.3 Å². The number of carbonyl (C=O) groups is 2. The van der Waals surface area contributed by atoms with Crippen LogP contribution < -0.4 is 10.6 Å². The van der Waals surface area contributed by atoms with E-state index in [9.17, 15) is 9.59 Å². The molecule has 2 amide bonds. The fraction of sp³-hybridized carbons (Fsp3) is 0.261. The van der Waals surface area contributed by atoms with Crippen LogP contribution in [-0.2, 0) is 16.1 Å². The minimum atomic E-state index is -0.720. The number of nitrogens with zero attached hydrogens (tertiary/aromatic N) is 1. The van der Waals surface area contributed by atoms with Crippen LogP contribution >= 0.6 is 11.3 Å². The predicted octanol–water partition coefficient (Wildman–Crippen LogP) is 5.09. The second-order valence-electron chi connectivity index (χ2n) is 6.96. The van der Waals surface area contributed by atoms with Crippen LogP contribution in [0, 0.1) is 5.92 Å². The van der Waals surface area contributed by atoms with Gasteiger partial charge in [-0.2, -0.15) is 0 Å². The Morgan fingerprint density at radius 3 is 2.40 bits per heavy atom. The highest BCUT2D eigenvalue weighted by atomic mass is 32.1. The molecule has 0 aliphatic rings. The van der Waals surface area contributed by atoms with E-state index < -0.39 is 12.1 Å². The third-order valence-electron chi connectivity index (χ3n) is 4.79. The van der Waals surface area contributed by atoms with Crippen LogP contribution in [0.1, 0.15) is 25.8 Å². The molecule has 0 bridgehead atoms. The van der Waals surface area contributed by atoms with Gasteiger partial charge < -0.3 is 15.4 Å². The first-order valence-electron chi connectivity index (χ1n) is 9.86. The Hall–Kier alpha value is -3.19. The molecule has 2 N–H and O–H groups in total. The first-order chi connectivity index (χ1) is 14.6. The van der Waals surface area contributed by atoms with E-state index >= 15 is 0 Å². The van der Waals surface area contributed by atoms with Crippen LogP contribution in [-0.4, -0.2) is 23.0 Å². The highest BCUT2D eigenvalue weighted by Gasteiger charge is 2.27. The van der Waals surface area contributed by atoms with Crippen molar-refractivity contribution in [1.82, 2.24) is 10.3 Å². The monoisotopic (exact) mass is 423 g/mol. The smallest absolute Gasteiger partial charge is 0.408 e. The van der Waals surface area contributed by atoms with E-state index in [1.165, 1.54) is 11.3 Å². The standard InChI is InChI=1S/C23H25N3O3S/c1-3-16(2)20(25-23(28)29-14-17-10-6-4-7-11-17)21(27)26-22-24-19(15-30-22)18-12-8-5-9-13-18/h4-13,15-16,20H,3,14H2,1-2H3,(H,25,28)(H,24,26,27)/t16-,20-/m1/s1. The lowest BCUT2D eigenvalue weighted by molar-refractivity contribution is -0.119. The summed E-state index contributed by atoms with van der Waals surface area (Å²) in [5.41, 5.74) is 2.66. The van der Waals surface area contributed by atoms with Gasteiger partial charge in [-0.15, -0.1) is 11.3 Å². The fourth-order valence-corrected chi connectivity index (χ4v) is 3.57. The molecule has 30 heavy (non-hydrogen) atoms. The molecule has 2 aromatic carbocycles. The van der Waals surface area contributed by atoms with Crippen LogP contribution in [0.5, 0.6) is 0 Å². The van der Waals surface area contributed by atoms with Crippen LogP contribution in [0.3, 0.4) is 0 Å². The Bertz CT molecular complexity index is 960. The molecule has 0 saturated heterocycles. The van der Waals surface area contributed by atoms with Crippen molar-refractivity contribution in [1.29, 1.82) is 0 Å². The van der Waals surface area contributed by atoms with Crippen LogP contribution in [0.4, 0.5) is 9.93 Å². The summed E-state index contributed by atoms with van der Waals surface area (Å²) in [5, 5.41) is 7.91. The van der Waals surface area contributed by atoms with Gasteiger partial charge in [-0.05, 0) is 11.5 Å². The number of ether oxygens (including phenoxy) is 1. The quantitative estimate of drug-likeness (QED) is 0.529. The number of benzene rings is 2. The van der Waals surface area contributed by atoms with Crippen molar-refractivity contribution >= 4 is 28.5 Å². The highest BCUT2D eigenvalue weighted by Crippen LogP contribution is 2.25. The van der Waals surface area contributed by atoms with Gasteiger partial charge in [0.15, 0.2) is 5.13 Å². The van der Waals surface area contributed by atoms with Crippen molar-refractivity contribution in [2.45, 2.75) is 32.9 Å². The molecule has 1 aromatic heterocycles. The number of amides is 2. The molecule has 3 rings (SSSR count). The van der Waals surface area contributed by atoms with Gasteiger partial charge in [0.2, 0.25) is 5.91 Å². The second kappa shape index (κ2) is 10.5. The lowest BCUT2D eigenvalue weighted by Gasteiger charge is -2.22. The lowest BCUT2D eigenvalue weighted by Crippen LogP contribution is -2.47. The molecule has 3 aromatic rings. The minimum absolute atomic E-state index is 0.0668. The molecule has 2 atom stereocenters. The number of aromatic nitrogens is 1. The zero-order chi connectivity index (χ0) is 21.3. The fourth-order valence-electron chi connectivity index (χ4n) is 2.85. The first-order valence-corrected chi connectivity index (χ1v) is 10.7. The molecule has 156 valence electrons. The van der Waals surface area contributed by atoms with E-state index in [4.69, 9.17) is 4.74 Å². The summed E-state index contributed by atoms with van der Waals surface area (Å²) < 4.78 is 5.27. The number of anilines is 1. The maximum absolute atomic E-state index is 12.9. The molecule has 0 fully saturated rings. The van der Waals surface area contributed by atoms with Crippen LogP contribution in [0.15, 0.2) is 66.0 Å². The number of hydrogen-bond acceptors (Lipinski definition) is 5. The van der Waals surface area contributed by atoms with Crippen molar-refractivity contribution in [2.75, 3.05) is 5.32 Å². The van der Waals surface area contributed by atoms with Gasteiger partial charge in [0.25, 0.3) is 0 Å².